The monoisotopic (exact) mass is 228 g/mol. The van der Waals surface area contributed by atoms with Gasteiger partial charge in [0.15, 0.2) is 0 Å². The van der Waals surface area contributed by atoms with Gasteiger partial charge in [0.1, 0.15) is 6.04 Å². The maximum Gasteiger partial charge on any atom is 0.240 e. The maximum atomic E-state index is 11.6. The van der Waals surface area contributed by atoms with Crippen LogP contribution in [0.25, 0.3) is 10.9 Å². The fraction of sp³-hybridized carbons (Fsp3) is 0.308. The van der Waals surface area contributed by atoms with Crippen LogP contribution >= 0.6 is 0 Å². The number of amides is 1. The Kier molecular flexibility index (Phi) is 2.19. The molecule has 1 aliphatic rings. The topological polar surface area (TPSA) is 62.1 Å². The van der Waals surface area contributed by atoms with Crippen LogP contribution in [0.4, 0.5) is 0 Å². The lowest BCUT2D eigenvalue weighted by molar-refractivity contribution is -0.123. The number of primary amides is 1. The van der Waals surface area contributed by atoms with Crippen molar-refractivity contribution in [3.8, 4) is 0 Å². The average molecular weight is 228 g/mol. The largest absolute Gasteiger partial charge is 0.368 e. The summed E-state index contributed by atoms with van der Waals surface area (Å²) in [5.74, 6) is -0.302. The molecule has 0 spiro atoms. The first kappa shape index (κ1) is 10.4. The third-order valence-electron chi connectivity index (χ3n) is 3.48. The molecule has 1 radical (unpaired) electrons. The van der Waals surface area contributed by atoms with Gasteiger partial charge in [-0.2, -0.15) is 0 Å². The van der Waals surface area contributed by atoms with Crippen molar-refractivity contribution < 1.29 is 4.79 Å². The summed E-state index contributed by atoms with van der Waals surface area (Å²) in [6.07, 6.45) is 0.944. The summed E-state index contributed by atoms with van der Waals surface area (Å²) >= 11 is 0. The van der Waals surface area contributed by atoms with E-state index in [1.807, 2.05) is 30.1 Å². The standard InChI is InChI=1S/C13H14N3O/c1-16-7-6-9-8-4-2-3-5-10(8)15-11(9)12(16)13(14)17/h2,4-5,12,15H,6-7H2,1H3,(H2,14,17). The molecule has 0 aliphatic carbocycles. The summed E-state index contributed by atoms with van der Waals surface area (Å²) in [7, 11) is 1.93. The van der Waals surface area contributed by atoms with Crippen LogP contribution in [-0.4, -0.2) is 29.4 Å². The highest BCUT2D eigenvalue weighted by molar-refractivity contribution is 5.89. The number of nitrogens with zero attached hydrogens (tertiary/aromatic N) is 1. The van der Waals surface area contributed by atoms with E-state index in [2.05, 4.69) is 11.1 Å². The van der Waals surface area contributed by atoms with Crippen LogP contribution in [0, 0.1) is 6.07 Å². The SMILES string of the molecule is CN1CCc2c([nH]c3c[c]ccc23)C1C(N)=O. The number of H-pyrrole nitrogens is 1. The fourth-order valence-electron chi connectivity index (χ4n) is 2.66. The van der Waals surface area contributed by atoms with Crippen molar-refractivity contribution in [1.82, 2.24) is 9.88 Å². The van der Waals surface area contributed by atoms with E-state index in [-0.39, 0.29) is 11.9 Å². The zero-order valence-electron chi connectivity index (χ0n) is 9.66. The Balaban J connectivity index is 2.25. The van der Waals surface area contributed by atoms with Crippen molar-refractivity contribution in [2.24, 2.45) is 5.73 Å². The molecule has 3 N–H and O–H groups in total. The minimum absolute atomic E-state index is 0.302. The van der Waals surface area contributed by atoms with Crippen LogP contribution in [0.15, 0.2) is 18.2 Å². The van der Waals surface area contributed by atoms with E-state index in [0.717, 1.165) is 24.2 Å². The van der Waals surface area contributed by atoms with Crippen LogP contribution in [0.1, 0.15) is 17.3 Å². The molecule has 0 saturated heterocycles. The second-order valence-corrected chi connectivity index (χ2v) is 4.52. The third kappa shape index (κ3) is 1.45. The number of carbonyl (C=O) groups is 1. The Hall–Kier alpha value is -1.81. The van der Waals surface area contributed by atoms with Crippen LogP contribution in [0.3, 0.4) is 0 Å². The van der Waals surface area contributed by atoms with Gasteiger partial charge < -0.3 is 10.7 Å². The summed E-state index contributed by atoms with van der Waals surface area (Å²) in [5, 5.41) is 1.18. The quantitative estimate of drug-likeness (QED) is 0.764. The lowest BCUT2D eigenvalue weighted by Crippen LogP contribution is -2.40. The number of carbonyl (C=O) groups excluding carboxylic acids is 1. The zero-order chi connectivity index (χ0) is 12.0. The van der Waals surface area contributed by atoms with Crippen molar-refractivity contribution in [2.75, 3.05) is 13.6 Å². The van der Waals surface area contributed by atoms with Gasteiger partial charge in [-0.3, -0.25) is 9.69 Å². The first-order valence-corrected chi connectivity index (χ1v) is 5.68. The summed E-state index contributed by atoms with van der Waals surface area (Å²) in [6.45, 7) is 0.853. The van der Waals surface area contributed by atoms with Crippen molar-refractivity contribution in [3.63, 3.8) is 0 Å². The highest BCUT2D eigenvalue weighted by Crippen LogP contribution is 2.33. The first-order valence-electron chi connectivity index (χ1n) is 5.68. The van der Waals surface area contributed by atoms with E-state index in [0.29, 0.717) is 0 Å². The molecule has 1 unspecified atom stereocenters. The molecule has 0 saturated carbocycles. The molecule has 1 aromatic carbocycles. The molecule has 4 heteroatoms. The molecule has 1 atom stereocenters. The van der Waals surface area contributed by atoms with E-state index < -0.39 is 0 Å². The van der Waals surface area contributed by atoms with Crippen LogP contribution in [0.5, 0.6) is 0 Å². The van der Waals surface area contributed by atoms with Gasteiger partial charge >= 0.3 is 0 Å². The van der Waals surface area contributed by atoms with Gasteiger partial charge in [0.2, 0.25) is 5.91 Å². The van der Waals surface area contributed by atoms with Gasteiger partial charge in [0.25, 0.3) is 0 Å². The number of nitrogens with two attached hydrogens (primary N) is 1. The van der Waals surface area contributed by atoms with Crippen LogP contribution in [-0.2, 0) is 11.2 Å². The van der Waals surface area contributed by atoms with Crippen LogP contribution in [0.2, 0.25) is 0 Å². The average Bonchev–Trinajstić information content (AvgIpc) is 2.66. The number of benzene rings is 1. The Morgan fingerprint density at radius 2 is 2.47 bits per heavy atom. The lowest BCUT2D eigenvalue weighted by atomic mass is 9.97. The Labute approximate surface area is 99.4 Å². The van der Waals surface area contributed by atoms with Crippen molar-refractivity contribution in [3.05, 3.63) is 35.5 Å². The van der Waals surface area contributed by atoms with E-state index in [1.54, 1.807) is 0 Å². The van der Waals surface area contributed by atoms with Crippen molar-refractivity contribution in [2.45, 2.75) is 12.5 Å². The summed E-state index contributed by atoms with van der Waals surface area (Å²) in [5.41, 5.74) is 8.68. The van der Waals surface area contributed by atoms with E-state index >= 15 is 0 Å². The van der Waals surface area contributed by atoms with E-state index in [9.17, 15) is 4.79 Å². The third-order valence-corrected chi connectivity index (χ3v) is 3.48. The number of rotatable bonds is 1. The predicted octanol–water partition coefficient (Wildman–Crippen LogP) is 0.982. The van der Waals surface area contributed by atoms with Gasteiger partial charge in [0.05, 0.1) is 0 Å². The maximum absolute atomic E-state index is 11.6. The number of hydrogen-bond donors (Lipinski definition) is 2. The molecule has 17 heavy (non-hydrogen) atoms. The molecule has 1 amide bonds. The molecular formula is C13H14N3O. The molecule has 87 valence electrons. The molecule has 3 rings (SSSR count). The number of nitrogens with one attached hydrogen (secondary N) is 1. The molecule has 0 fully saturated rings. The van der Waals surface area contributed by atoms with Crippen LogP contribution < -0.4 is 5.73 Å². The molecule has 2 aromatic rings. The van der Waals surface area contributed by atoms with Gasteiger partial charge in [0, 0.05) is 23.1 Å². The normalized spacial score (nSPS) is 20.4. The Morgan fingerprint density at radius 3 is 3.24 bits per heavy atom. The van der Waals surface area contributed by atoms with Gasteiger partial charge in [-0.15, -0.1) is 0 Å². The second-order valence-electron chi connectivity index (χ2n) is 4.52. The van der Waals surface area contributed by atoms with Gasteiger partial charge in [-0.1, -0.05) is 12.1 Å². The number of likely N-dealkylation sites (N-methyl/N-ethyl adjacent to an activating group) is 1. The van der Waals surface area contributed by atoms with Crippen molar-refractivity contribution in [1.29, 1.82) is 0 Å². The van der Waals surface area contributed by atoms with E-state index in [4.69, 9.17) is 5.73 Å². The number of fused-ring (bicyclic) bond motifs is 3. The number of aromatic nitrogens is 1. The molecular weight excluding hydrogens is 214 g/mol. The van der Waals surface area contributed by atoms with Gasteiger partial charge in [-0.25, -0.2) is 0 Å². The molecule has 0 bridgehead atoms. The lowest BCUT2D eigenvalue weighted by Gasteiger charge is -2.30. The number of hydrogen-bond acceptors (Lipinski definition) is 2. The highest BCUT2D eigenvalue weighted by atomic mass is 16.1. The minimum Gasteiger partial charge on any atom is -0.368 e. The highest BCUT2D eigenvalue weighted by Gasteiger charge is 2.31. The molecule has 1 aromatic heterocycles. The fourth-order valence-corrected chi connectivity index (χ4v) is 2.66. The first-order chi connectivity index (χ1) is 8.18. The van der Waals surface area contributed by atoms with Crippen molar-refractivity contribution >= 4 is 16.8 Å². The molecule has 4 nitrogen and oxygen atoms in total. The van der Waals surface area contributed by atoms with E-state index in [1.165, 1.54) is 10.9 Å². The zero-order valence-corrected chi connectivity index (χ0v) is 9.66. The Bertz CT molecular complexity index is 587. The summed E-state index contributed by atoms with van der Waals surface area (Å²) in [6, 6.07) is 8.54. The summed E-state index contributed by atoms with van der Waals surface area (Å²) in [4.78, 5) is 16.9. The molecule has 1 aliphatic heterocycles. The minimum atomic E-state index is -0.342. The Morgan fingerprint density at radius 1 is 1.65 bits per heavy atom. The second kappa shape index (κ2) is 3.60. The number of aromatic amines is 1. The molecule has 2 heterocycles. The predicted molar refractivity (Wildman–Crippen MR) is 65.4 cm³/mol. The summed E-state index contributed by atoms with van der Waals surface area (Å²) < 4.78 is 0. The van der Waals surface area contributed by atoms with Gasteiger partial charge in [-0.05, 0) is 31.2 Å². The smallest absolute Gasteiger partial charge is 0.240 e.